The van der Waals surface area contributed by atoms with E-state index in [0.29, 0.717) is 21.2 Å². The number of amides is 1. The van der Waals surface area contributed by atoms with Gasteiger partial charge in [0.2, 0.25) is 0 Å². The summed E-state index contributed by atoms with van der Waals surface area (Å²) in [6.45, 7) is -0.176. The Bertz CT molecular complexity index is 967. The average molecular weight is 420 g/mol. The largest absolute Gasteiger partial charge is 0.507 e. The molecular formula is C20H15Cl2NO5. The second-order valence-electron chi connectivity index (χ2n) is 6.19. The molecule has 1 atom stereocenters. The van der Waals surface area contributed by atoms with E-state index in [1.807, 2.05) is 0 Å². The summed E-state index contributed by atoms with van der Waals surface area (Å²) in [6.07, 6.45) is -0.335. The number of carboxylic acids is 1. The quantitative estimate of drug-likeness (QED) is 0.435. The predicted octanol–water partition coefficient (Wildman–Crippen LogP) is 3.89. The number of carbonyl (C=O) groups is 3. The first-order valence-corrected chi connectivity index (χ1v) is 9.07. The summed E-state index contributed by atoms with van der Waals surface area (Å²) in [5.41, 5.74) is 0.740. The number of hydrogen-bond acceptors (Lipinski definition) is 4. The molecule has 1 amide bonds. The van der Waals surface area contributed by atoms with Crippen molar-refractivity contribution < 1.29 is 24.6 Å². The third-order valence-corrected chi connectivity index (χ3v) is 4.91. The summed E-state index contributed by atoms with van der Waals surface area (Å²) in [6, 6.07) is 11.7. The number of halogens is 2. The van der Waals surface area contributed by atoms with Gasteiger partial charge >= 0.3 is 5.97 Å². The Morgan fingerprint density at radius 2 is 1.46 bits per heavy atom. The van der Waals surface area contributed by atoms with Crippen molar-refractivity contribution in [2.24, 2.45) is 0 Å². The first-order valence-electron chi connectivity index (χ1n) is 8.31. The number of aliphatic hydroxyl groups is 1. The summed E-state index contributed by atoms with van der Waals surface area (Å²) in [7, 11) is 0. The fourth-order valence-corrected chi connectivity index (χ4v) is 3.33. The fraction of sp³-hybridized carbons (Fsp3) is 0.150. The van der Waals surface area contributed by atoms with Crippen LogP contribution in [0.15, 0.2) is 54.1 Å². The van der Waals surface area contributed by atoms with Crippen molar-refractivity contribution >= 4 is 46.6 Å². The Kier molecular flexibility index (Phi) is 5.72. The number of aliphatic hydroxyl groups excluding tert-OH is 1. The normalized spacial score (nSPS) is 18.5. The molecule has 1 heterocycles. The molecule has 0 aromatic heterocycles. The van der Waals surface area contributed by atoms with E-state index in [9.17, 15) is 19.5 Å². The SMILES string of the molecule is O=C(O)CCN1C(=O)C(=O)/C(=C(/O)c2ccc(Cl)cc2)C1c1ccc(Cl)cc1. The van der Waals surface area contributed by atoms with E-state index in [-0.39, 0.29) is 24.3 Å². The van der Waals surface area contributed by atoms with Gasteiger partial charge in [-0.2, -0.15) is 0 Å². The van der Waals surface area contributed by atoms with E-state index >= 15 is 0 Å². The molecular weight excluding hydrogens is 405 g/mol. The molecule has 0 saturated carbocycles. The second kappa shape index (κ2) is 8.04. The third-order valence-electron chi connectivity index (χ3n) is 4.41. The maximum absolute atomic E-state index is 12.7. The molecule has 2 aromatic rings. The van der Waals surface area contributed by atoms with Gasteiger partial charge in [-0.1, -0.05) is 35.3 Å². The third kappa shape index (κ3) is 3.88. The molecule has 144 valence electrons. The highest BCUT2D eigenvalue weighted by Gasteiger charge is 2.46. The monoisotopic (exact) mass is 419 g/mol. The van der Waals surface area contributed by atoms with Crippen LogP contribution in [-0.4, -0.2) is 39.3 Å². The van der Waals surface area contributed by atoms with Gasteiger partial charge in [0.05, 0.1) is 18.0 Å². The number of rotatable bonds is 5. The van der Waals surface area contributed by atoms with Gasteiger partial charge in [-0.25, -0.2) is 0 Å². The van der Waals surface area contributed by atoms with Gasteiger partial charge in [0, 0.05) is 22.2 Å². The van der Waals surface area contributed by atoms with Crippen molar-refractivity contribution in [1.82, 2.24) is 4.90 Å². The van der Waals surface area contributed by atoms with E-state index in [1.165, 1.54) is 12.1 Å². The summed E-state index contributed by atoms with van der Waals surface area (Å²) in [4.78, 5) is 37.4. The Balaban J connectivity index is 2.14. The molecule has 8 heteroatoms. The summed E-state index contributed by atoms with van der Waals surface area (Å²) in [5.74, 6) is -3.20. The van der Waals surface area contributed by atoms with Gasteiger partial charge in [0.25, 0.3) is 11.7 Å². The van der Waals surface area contributed by atoms with Crippen molar-refractivity contribution in [3.05, 3.63) is 75.3 Å². The number of Topliss-reactive ketones (excluding diaryl/α,β-unsaturated/α-hetero) is 1. The van der Waals surface area contributed by atoms with Gasteiger partial charge < -0.3 is 15.1 Å². The van der Waals surface area contributed by atoms with E-state index in [1.54, 1.807) is 36.4 Å². The van der Waals surface area contributed by atoms with Crippen LogP contribution in [0.5, 0.6) is 0 Å². The Hall–Kier alpha value is -2.83. The van der Waals surface area contributed by atoms with Gasteiger partial charge in [-0.15, -0.1) is 0 Å². The summed E-state index contributed by atoms with van der Waals surface area (Å²) in [5, 5.41) is 20.7. The molecule has 1 aliphatic rings. The summed E-state index contributed by atoms with van der Waals surface area (Å²) < 4.78 is 0. The van der Waals surface area contributed by atoms with Gasteiger partial charge in [0.1, 0.15) is 5.76 Å². The smallest absolute Gasteiger partial charge is 0.305 e. The number of ketones is 1. The number of aliphatic carboxylic acids is 1. The highest BCUT2D eigenvalue weighted by atomic mass is 35.5. The van der Waals surface area contributed by atoms with E-state index in [2.05, 4.69) is 0 Å². The topological polar surface area (TPSA) is 94.9 Å². The number of carboxylic acid groups (broad SMARTS) is 1. The highest BCUT2D eigenvalue weighted by molar-refractivity contribution is 6.46. The van der Waals surface area contributed by atoms with Crippen molar-refractivity contribution in [2.45, 2.75) is 12.5 Å². The van der Waals surface area contributed by atoms with E-state index in [4.69, 9.17) is 28.3 Å². The van der Waals surface area contributed by atoms with Crippen molar-refractivity contribution in [2.75, 3.05) is 6.54 Å². The average Bonchev–Trinajstić information content (AvgIpc) is 2.91. The van der Waals surface area contributed by atoms with E-state index < -0.39 is 23.7 Å². The molecule has 0 aliphatic carbocycles. The molecule has 0 bridgehead atoms. The first kappa shape index (κ1) is 19.9. The van der Waals surface area contributed by atoms with Crippen LogP contribution in [0.4, 0.5) is 0 Å². The number of benzene rings is 2. The maximum Gasteiger partial charge on any atom is 0.305 e. The predicted molar refractivity (Wildman–Crippen MR) is 104 cm³/mol. The zero-order chi connectivity index (χ0) is 20.4. The maximum atomic E-state index is 12.7. The van der Waals surface area contributed by atoms with Crippen LogP contribution in [0.25, 0.3) is 5.76 Å². The van der Waals surface area contributed by atoms with Crippen LogP contribution < -0.4 is 0 Å². The first-order chi connectivity index (χ1) is 13.3. The molecule has 1 saturated heterocycles. The molecule has 1 fully saturated rings. The lowest BCUT2D eigenvalue weighted by molar-refractivity contribution is -0.142. The van der Waals surface area contributed by atoms with Gasteiger partial charge in [0.15, 0.2) is 0 Å². The van der Waals surface area contributed by atoms with Gasteiger partial charge in [-0.05, 0) is 42.0 Å². The van der Waals surface area contributed by atoms with Crippen molar-refractivity contribution in [1.29, 1.82) is 0 Å². The molecule has 2 aromatic carbocycles. The molecule has 28 heavy (non-hydrogen) atoms. The van der Waals surface area contributed by atoms with Crippen LogP contribution in [0.2, 0.25) is 10.0 Å². The van der Waals surface area contributed by atoms with Crippen molar-refractivity contribution in [3.63, 3.8) is 0 Å². The molecule has 6 nitrogen and oxygen atoms in total. The minimum absolute atomic E-state index is 0.111. The zero-order valence-corrected chi connectivity index (χ0v) is 15.9. The second-order valence-corrected chi connectivity index (χ2v) is 7.07. The molecule has 1 aliphatic heterocycles. The molecule has 0 radical (unpaired) electrons. The standard InChI is InChI=1S/C20H15Cl2NO5/c21-13-5-1-11(2-6-13)17-16(18(26)12-3-7-14(22)8-4-12)19(27)20(28)23(17)10-9-15(24)25/h1-8,17,26H,9-10H2,(H,24,25)/b18-16+. The zero-order valence-electron chi connectivity index (χ0n) is 14.4. The Labute approximate surface area is 170 Å². The lowest BCUT2D eigenvalue weighted by atomic mass is 9.95. The van der Waals surface area contributed by atoms with Crippen LogP contribution in [0.3, 0.4) is 0 Å². The molecule has 2 N–H and O–H groups in total. The number of likely N-dealkylation sites (tertiary alicyclic amines) is 1. The molecule has 1 unspecified atom stereocenters. The fourth-order valence-electron chi connectivity index (χ4n) is 3.08. The van der Waals surface area contributed by atoms with Crippen molar-refractivity contribution in [3.8, 4) is 0 Å². The highest BCUT2D eigenvalue weighted by Crippen LogP contribution is 2.39. The lowest BCUT2D eigenvalue weighted by Gasteiger charge is -2.24. The van der Waals surface area contributed by atoms with Crippen LogP contribution in [-0.2, 0) is 14.4 Å². The number of carbonyl (C=O) groups excluding carboxylic acids is 2. The molecule has 0 spiro atoms. The van der Waals surface area contributed by atoms with Crippen LogP contribution in [0, 0.1) is 0 Å². The Morgan fingerprint density at radius 1 is 0.929 bits per heavy atom. The molecule has 3 rings (SSSR count). The summed E-state index contributed by atoms with van der Waals surface area (Å²) >= 11 is 11.8. The number of nitrogens with zero attached hydrogens (tertiary/aromatic N) is 1. The van der Waals surface area contributed by atoms with Gasteiger partial charge in [-0.3, -0.25) is 14.4 Å². The van der Waals surface area contributed by atoms with E-state index in [0.717, 1.165) is 4.90 Å². The minimum Gasteiger partial charge on any atom is -0.507 e. The lowest BCUT2D eigenvalue weighted by Crippen LogP contribution is -2.31. The Morgan fingerprint density at radius 3 is 2.00 bits per heavy atom. The van der Waals surface area contributed by atoms with Crippen LogP contribution in [0.1, 0.15) is 23.6 Å². The minimum atomic E-state index is -1.10. The number of hydrogen-bond donors (Lipinski definition) is 2. The van der Waals surface area contributed by atoms with Crippen LogP contribution >= 0.6 is 23.2 Å².